The first-order chi connectivity index (χ1) is 12.9. The van der Waals surface area contributed by atoms with Gasteiger partial charge in [-0.05, 0) is 59.5 Å². The van der Waals surface area contributed by atoms with Crippen molar-refractivity contribution < 1.29 is 0 Å². The van der Waals surface area contributed by atoms with E-state index < -0.39 is 0 Å². The van der Waals surface area contributed by atoms with E-state index in [-0.39, 0.29) is 24.0 Å². The highest BCUT2D eigenvalue weighted by atomic mass is 127. The van der Waals surface area contributed by atoms with Crippen LogP contribution in [-0.4, -0.2) is 70.5 Å². The molecule has 0 spiro atoms. The topological polar surface area (TPSA) is 43.8 Å². The number of hydrogen-bond acceptors (Lipinski definition) is 5. The lowest BCUT2D eigenvalue weighted by molar-refractivity contribution is 0.179. The molecule has 0 radical (unpaired) electrons. The summed E-state index contributed by atoms with van der Waals surface area (Å²) in [5.41, 5.74) is 1.23. The van der Waals surface area contributed by atoms with Crippen LogP contribution < -0.4 is 5.32 Å². The van der Waals surface area contributed by atoms with E-state index in [4.69, 9.17) is 4.99 Å². The number of likely N-dealkylation sites (tertiary alicyclic amines) is 1. The average molecular weight is 538 g/mol. The maximum atomic E-state index is 5.03. The molecule has 3 heterocycles. The minimum atomic E-state index is 0. The van der Waals surface area contributed by atoms with Crippen molar-refractivity contribution in [2.24, 2.45) is 10.9 Å². The summed E-state index contributed by atoms with van der Waals surface area (Å²) in [7, 11) is 0. The summed E-state index contributed by atoms with van der Waals surface area (Å²) < 4.78 is 0.313. The fraction of sp³-hybridized carbons (Fsp3) is 0.800. The van der Waals surface area contributed by atoms with Gasteiger partial charge in [0.2, 0.25) is 0 Å². The zero-order chi connectivity index (χ0) is 19.3. The molecule has 2 fully saturated rings. The van der Waals surface area contributed by atoms with E-state index in [1.165, 1.54) is 42.4 Å². The molecule has 1 N–H and O–H groups in total. The summed E-state index contributed by atoms with van der Waals surface area (Å²) in [6.45, 7) is 16.3. The molecule has 5 nitrogen and oxygen atoms in total. The van der Waals surface area contributed by atoms with Crippen molar-refractivity contribution in [1.29, 1.82) is 0 Å². The Labute approximate surface area is 196 Å². The average Bonchev–Trinajstić information content (AvgIpc) is 3.04. The van der Waals surface area contributed by atoms with Gasteiger partial charge < -0.3 is 10.2 Å². The predicted molar refractivity (Wildman–Crippen MR) is 134 cm³/mol. The molecule has 28 heavy (non-hydrogen) atoms. The van der Waals surface area contributed by atoms with Crippen LogP contribution in [0, 0.1) is 12.8 Å². The quantitative estimate of drug-likeness (QED) is 0.349. The monoisotopic (exact) mass is 537 g/mol. The SMILES string of the molecule is CCNC(=NCC1CCN(Cc2csc(C)n2)CC1)N1CCSC(C)(C)C1.I. The minimum absolute atomic E-state index is 0. The number of rotatable bonds is 5. The number of thioether (sulfide) groups is 1. The fourth-order valence-corrected chi connectivity index (χ4v) is 5.59. The van der Waals surface area contributed by atoms with Crippen molar-refractivity contribution >= 4 is 53.0 Å². The summed E-state index contributed by atoms with van der Waals surface area (Å²) in [6, 6.07) is 0. The summed E-state index contributed by atoms with van der Waals surface area (Å²) in [6.07, 6.45) is 2.49. The largest absolute Gasteiger partial charge is 0.357 e. The molecule has 8 heteroatoms. The second kappa shape index (κ2) is 11.4. The van der Waals surface area contributed by atoms with Crippen LogP contribution in [0.5, 0.6) is 0 Å². The van der Waals surface area contributed by atoms with Gasteiger partial charge in [-0.15, -0.1) is 35.3 Å². The molecule has 2 saturated heterocycles. The van der Waals surface area contributed by atoms with Crippen LogP contribution in [0.2, 0.25) is 0 Å². The Kier molecular flexibility index (Phi) is 9.83. The summed E-state index contributed by atoms with van der Waals surface area (Å²) >= 11 is 3.83. The van der Waals surface area contributed by atoms with Crippen molar-refractivity contribution in [2.75, 3.05) is 45.0 Å². The van der Waals surface area contributed by atoms with Crippen LogP contribution in [0.15, 0.2) is 10.4 Å². The van der Waals surface area contributed by atoms with Gasteiger partial charge >= 0.3 is 0 Å². The van der Waals surface area contributed by atoms with Crippen LogP contribution in [0.3, 0.4) is 0 Å². The first-order valence-electron chi connectivity index (χ1n) is 10.3. The number of halogens is 1. The van der Waals surface area contributed by atoms with Gasteiger partial charge in [-0.2, -0.15) is 11.8 Å². The lowest BCUT2D eigenvalue weighted by Gasteiger charge is -2.39. The molecule has 0 unspecified atom stereocenters. The van der Waals surface area contributed by atoms with E-state index in [9.17, 15) is 0 Å². The predicted octanol–water partition coefficient (Wildman–Crippen LogP) is 4.07. The van der Waals surface area contributed by atoms with Crippen molar-refractivity contribution in [1.82, 2.24) is 20.1 Å². The van der Waals surface area contributed by atoms with Crippen molar-refractivity contribution in [3.63, 3.8) is 0 Å². The lowest BCUT2D eigenvalue weighted by atomic mass is 9.97. The van der Waals surface area contributed by atoms with Gasteiger partial charge in [-0.1, -0.05) is 0 Å². The normalized spacial score (nSPS) is 21.4. The van der Waals surface area contributed by atoms with E-state index >= 15 is 0 Å². The maximum Gasteiger partial charge on any atom is 0.193 e. The molecule has 2 aliphatic rings. The fourth-order valence-electron chi connectivity index (χ4n) is 3.88. The molecule has 1 aromatic heterocycles. The van der Waals surface area contributed by atoms with E-state index in [1.54, 1.807) is 11.3 Å². The molecule has 0 aliphatic carbocycles. The molecule has 0 amide bonds. The standard InChI is InChI=1S/C20H35N5S2.HI/c1-5-21-19(25-10-11-27-20(3,4)15-25)22-12-17-6-8-24(9-7-17)13-18-14-26-16(2)23-18;/h14,17H,5-13,15H2,1-4H3,(H,21,22);1H. The number of aryl methyl sites for hydroxylation is 1. The highest BCUT2D eigenvalue weighted by molar-refractivity contribution is 14.0. The Balaban J connectivity index is 0.00000280. The van der Waals surface area contributed by atoms with Crippen molar-refractivity contribution in [3.05, 3.63) is 16.1 Å². The van der Waals surface area contributed by atoms with Gasteiger partial charge in [0.1, 0.15) is 0 Å². The highest BCUT2D eigenvalue weighted by Crippen LogP contribution is 2.29. The Morgan fingerprint density at radius 3 is 2.68 bits per heavy atom. The molecular formula is C20H36IN5S2. The molecule has 160 valence electrons. The summed E-state index contributed by atoms with van der Waals surface area (Å²) in [5.74, 6) is 3.01. The maximum absolute atomic E-state index is 5.03. The third-order valence-electron chi connectivity index (χ3n) is 5.32. The van der Waals surface area contributed by atoms with Gasteiger partial charge in [0, 0.05) is 48.6 Å². The van der Waals surface area contributed by atoms with Crippen LogP contribution >= 0.6 is 47.1 Å². The van der Waals surface area contributed by atoms with E-state index in [0.29, 0.717) is 10.7 Å². The zero-order valence-corrected chi connectivity index (χ0v) is 21.7. The molecule has 2 aliphatic heterocycles. The molecule has 0 saturated carbocycles. The van der Waals surface area contributed by atoms with Gasteiger partial charge in [0.25, 0.3) is 0 Å². The molecule has 0 bridgehead atoms. The summed E-state index contributed by atoms with van der Waals surface area (Å²) in [4.78, 5) is 14.6. The zero-order valence-electron chi connectivity index (χ0n) is 17.7. The first-order valence-corrected chi connectivity index (χ1v) is 12.1. The van der Waals surface area contributed by atoms with Crippen LogP contribution in [0.1, 0.15) is 44.3 Å². The molecule has 0 atom stereocenters. The Hall–Kier alpha value is -0.0600. The molecule has 0 aromatic carbocycles. The third kappa shape index (κ3) is 7.32. The summed E-state index contributed by atoms with van der Waals surface area (Å²) in [5, 5.41) is 6.89. The number of aliphatic imine (C=N–C) groups is 1. The molecule has 3 rings (SSSR count). The third-order valence-corrected chi connectivity index (χ3v) is 7.44. The van der Waals surface area contributed by atoms with Crippen LogP contribution in [-0.2, 0) is 6.54 Å². The second-order valence-electron chi connectivity index (χ2n) is 8.30. The van der Waals surface area contributed by atoms with Crippen LogP contribution in [0.4, 0.5) is 0 Å². The van der Waals surface area contributed by atoms with Gasteiger partial charge in [0.15, 0.2) is 5.96 Å². The van der Waals surface area contributed by atoms with Gasteiger partial charge in [0.05, 0.1) is 10.7 Å². The van der Waals surface area contributed by atoms with E-state index in [2.05, 4.69) is 64.9 Å². The van der Waals surface area contributed by atoms with Gasteiger partial charge in [-0.25, -0.2) is 4.98 Å². The second-order valence-corrected chi connectivity index (χ2v) is 11.2. The Morgan fingerprint density at radius 1 is 1.32 bits per heavy atom. The van der Waals surface area contributed by atoms with Gasteiger partial charge in [-0.3, -0.25) is 9.89 Å². The van der Waals surface area contributed by atoms with E-state index in [1.807, 2.05) is 0 Å². The number of nitrogens with zero attached hydrogens (tertiary/aromatic N) is 4. The Morgan fingerprint density at radius 2 is 2.07 bits per heavy atom. The number of guanidine groups is 1. The molecule has 1 aromatic rings. The number of hydrogen-bond donors (Lipinski definition) is 1. The number of aromatic nitrogens is 1. The first kappa shape index (κ1) is 24.2. The van der Waals surface area contributed by atoms with Crippen molar-refractivity contribution in [3.8, 4) is 0 Å². The van der Waals surface area contributed by atoms with Crippen molar-refractivity contribution in [2.45, 2.75) is 51.8 Å². The number of piperidine rings is 1. The van der Waals surface area contributed by atoms with Crippen LogP contribution in [0.25, 0.3) is 0 Å². The number of thiazole rings is 1. The van der Waals surface area contributed by atoms with E-state index in [0.717, 1.165) is 38.7 Å². The lowest BCUT2D eigenvalue weighted by Crippen LogP contribution is -2.51. The number of nitrogens with one attached hydrogen (secondary N) is 1. The molecular weight excluding hydrogens is 501 g/mol. The highest BCUT2D eigenvalue weighted by Gasteiger charge is 2.29. The Bertz CT molecular complexity index is 626. The smallest absolute Gasteiger partial charge is 0.193 e. The minimum Gasteiger partial charge on any atom is -0.357 e.